The molecule has 0 aromatic heterocycles. The monoisotopic (exact) mass is 289 g/mol. The summed E-state index contributed by atoms with van der Waals surface area (Å²) in [5.41, 5.74) is 15.2. The van der Waals surface area contributed by atoms with Crippen LogP contribution < -0.4 is 16.8 Å². The summed E-state index contributed by atoms with van der Waals surface area (Å²) < 4.78 is 0. The molecule has 2 rings (SSSR count). The summed E-state index contributed by atoms with van der Waals surface area (Å²) in [4.78, 5) is 11.5. The third-order valence-corrected chi connectivity index (χ3v) is 3.33. The van der Waals surface area contributed by atoms with Gasteiger partial charge >= 0.3 is 0 Å². The number of nitrogens with two attached hydrogens (primary N) is 2. The normalized spacial score (nSPS) is 10.3. The van der Waals surface area contributed by atoms with Crippen molar-refractivity contribution in [2.75, 3.05) is 11.1 Å². The van der Waals surface area contributed by atoms with Crippen LogP contribution in [0.5, 0.6) is 0 Å². The van der Waals surface area contributed by atoms with Gasteiger partial charge in [0.05, 0.1) is 16.3 Å². The number of hydrogen-bond donors (Lipinski definition) is 3. The Kier molecular flexibility index (Phi) is 3.86. The molecule has 0 saturated heterocycles. The molecule has 0 fully saturated rings. The van der Waals surface area contributed by atoms with Crippen LogP contribution in [0.4, 0.5) is 17.1 Å². The lowest BCUT2D eigenvalue weighted by Gasteiger charge is -2.15. The minimum absolute atomic E-state index is 0.274. The van der Waals surface area contributed by atoms with Gasteiger partial charge in [0.15, 0.2) is 0 Å². The number of benzene rings is 2. The Hall–Kier alpha value is -2.20. The molecular formula is C15H16ClN3O. The fraction of sp³-hybridized carbons (Fsp3) is 0.133. The van der Waals surface area contributed by atoms with Crippen molar-refractivity contribution in [1.29, 1.82) is 0 Å². The Morgan fingerprint density at radius 1 is 1.20 bits per heavy atom. The third-order valence-electron chi connectivity index (χ3n) is 3.03. The van der Waals surface area contributed by atoms with E-state index in [1.807, 2.05) is 32.0 Å². The largest absolute Gasteiger partial charge is 0.399 e. The van der Waals surface area contributed by atoms with E-state index < -0.39 is 5.91 Å². The zero-order valence-electron chi connectivity index (χ0n) is 11.3. The lowest BCUT2D eigenvalue weighted by Crippen LogP contribution is -2.14. The number of halogens is 1. The van der Waals surface area contributed by atoms with Gasteiger partial charge in [-0.15, -0.1) is 0 Å². The van der Waals surface area contributed by atoms with Crippen molar-refractivity contribution in [2.45, 2.75) is 13.8 Å². The van der Waals surface area contributed by atoms with E-state index >= 15 is 0 Å². The number of nitrogens with one attached hydrogen (secondary N) is 1. The van der Waals surface area contributed by atoms with Crippen LogP contribution in [0.1, 0.15) is 21.5 Å². The Labute approximate surface area is 122 Å². The van der Waals surface area contributed by atoms with Crippen LogP contribution >= 0.6 is 11.6 Å². The van der Waals surface area contributed by atoms with Crippen LogP contribution in [0, 0.1) is 13.8 Å². The second kappa shape index (κ2) is 5.43. The van der Waals surface area contributed by atoms with E-state index in [9.17, 15) is 4.79 Å². The fourth-order valence-electron chi connectivity index (χ4n) is 1.95. The number of aryl methyl sites for hydroxylation is 2. The fourth-order valence-corrected chi connectivity index (χ4v) is 2.23. The lowest BCUT2D eigenvalue weighted by molar-refractivity contribution is 0.100. The maximum absolute atomic E-state index is 11.5. The summed E-state index contributed by atoms with van der Waals surface area (Å²) in [6.07, 6.45) is 0. The minimum atomic E-state index is -0.577. The van der Waals surface area contributed by atoms with Crippen molar-refractivity contribution in [3.8, 4) is 0 Å². The van der Waals surface area contributed by atoms with E-state index in [4.69, 9.17) is 23.1 Å². The SMILES string of the molecule is Cc1ccc(C)c(Nc2c(Cl)cc(N)cc2C(N)=O)c1. The molecule has 5 heteroatoms. The van der Waals surface area contributed by atoms with Crippen molar-refractivity contribution < 1.29 is 4.79 Å². The zero-order chi connectivity index (χ0) is 14.9. The molecule has 20 heavy (non-hydrogen) atoms. The molecule has 0 heterocycles. The first-order valence-electron chi connectivity index (χ1n) is 6.11. The summed E-state index contributed by atoms with van der Waals surface area (Å²) in [6, 6.07) is 9.09. The molecule has 2 aromatic carbocycles. The van der Waals surface area contributed by atoms with Crippen molar-refractivity contribution >= 4 is 34.6 Å². The second-order valence-corrected chi connectivity index (χ2v) is 5.14. The average molecular weight is 290 g/mol. The van der Waals surface area contributed by atoms with Gasteiger partial charge in [0.2, 0.25) is 0 Å². The highest BCUT2D eigenvalue weighted by molar-refractivity contribution is 6.34. The van der Waals surface area contributed by atoms with E-state index in [0.717, 1.165) is 16.8 Å². The van der Waals surface area contributed by atoms with Crippen LogP contribution in [0.2, 0.25) is 5.02 Å². The highest BCUT2D eigenvalue weighted by Crippen LogP contribution is 2.32. The lowest BCUT2D eigenvalue weighted by atomic mass is 10.1. The molecule has 0 bridgehead atoms. The van der Waals surface area contributed by atoms with Crippen LogP contribution in [-0.2, 0) is 0 Å². The first kappa shape index (κ1) is 14.2. The summed E-state index contributed by atoms with van der Waals surface area (Å²) >= 11 is 6.17. The first-order valence-corrected chi connectivity index (χ1v) is 6.49. The van der Waals surface area contributed by atoms with Gasteiger partial charge < -0.3 is 16.8 Å². The van der Waals surface area contributed by atoms with Crippen molar-refractivity contribution in [2.24, 2.45) is 5.73 Å². The van der Waals surface area contributed by atoms with Gasteiger partial charge in [-0.25, -0.2) is 0 Å². The van der Waals surface area contributed by atoms with Crippen molar-refractivity contribution in [1.82, 2.24) is 0 Å². The number of primary amides is 1. The van der Waals surface area contributed by atoms with E-state index in [2.05, 4.69) is 5.32 Å². The van der Waals surface area contributed by atoms with Gasteiger partial charge in [0.1, 0.15) is 0 Å². The van der Waals surface area contributed by atoms with Gasteiger partial charge in [0.25, 0.3) is 5.91 Å². The van der Waals surface area contributed by atoms with Gasteiger partial charge in [-0.1, -0.05) is 23.7 Å². The molecule has 0 saturated carbocycles. The topological polar surface area (TPSA) is 81.1 Å². The van der Waals surface area contributed by atoms with E-state index in [1.54, 1.807) is 6.07 Å². The maximum Gasteiger partial charge on any atom is 0.250 e. The van der Waals surface area contributed by atoms with E-state index in [1.165, 1.54) is 6.07 Å². The average Bonchev–Trinajstić information content (AvgIpc) is 2.36. The van der Waals surface area contributed by atoms with Gasteiger partial charge in [0, 0.05) is 11.4 Å². The van der Waals surface area contributed by atoms with E-state index in [0.29, 0.717) is 16.4 Å². The quantitative estimate of drug-likeness (QED) is 0.758. The molecular weight excluding hydrogens is 274 g/mol. The van der Waals surface area contributed by atoms with Crippen molar-refractivity contribution in [3.05, 3.63) is 52.0 Å². The Morgan fingerprint density at radius 3 is 2.55 bits per heavy atom. The zero-order valence-corrected chi connectivity index (χ0v) is 12.1. The van der Waals surface area contributed by atoms with Crippen LogP contribution in [0.25, 0.3) is 0 Å². The number of carbonyl (C=O) groups is 1. The van der Waals surface area contributed by atoms with Gasteiger partial charge in [-0.05, 0) is 43.2 Å². The molecule has 0 atom stereocenters. The molecule has 104 valence electrons. The number of hydrogen-bond acceptors (Lipinski definition) is 3. The number of carbonyl (C=O) groups excluding carboxylic acids is 1. The molecule has 0 unspecified atom stereocenters. The smallest absolute Gasteiger partial charge is 0.250 e. The molecule has 0 spiro atoms. The van der Waals surface area contributed by atoms with Gasteiger partial charge in [-0.3, -0.25) is 4.79 Å². The molecule has 0 radical (unpaired) electrons. The number of amides is 1. The number of nitrogen functional groups attached to an aromatic ring is 1. The summed E-state index contributed by atoms with van der Waals surface area (Å²) in [6.45, 7) is 3.96. The highest BCUT2D eigenvalue weighted by Gasteiger charge is 2.14. The Bertz CT molecular complexity index is 683. The Morgan fingerprint density at radius 2 is 1.90 bits per heavy atom. The predicted octanol–water partition coefficient (Wildman–Crippen LogP) is 3.38. The van der Waals surface area contributed by atoms with E-state index in [-0.39, 0.29) is 5.56 Å². The highest BCUT2D eigenvalue weighted by atomic mass is 35.5. The summed E-state index contributed by atoms with van der Waals surface area (Å²) in [5, 5.41) is 3.53. The number of rotatable bonds is 3. The minimum Gasteiger partial charge on any atom is -0.399 e. The van der Waals surface area contributed by atoms with Crippen LogP contribution in [0.3, 0.4) is 0 Å². The molecule has 5 N–H and O–H groups in total. The molecule has 0 aliphatic carbocycles. The second-order valence-electron chi connectivity index (χ2n) is 4.73. The Balaban J connectivity index is 2.53. The molecule has 2 aromatic rings. The van der Waals surface area contributed by atoms with Crippen LogP contribution in [0.15, 0.2) is 30.3 Å². The van der Waals surface area contributed by atoms with Crippen LogP contribution in [-0.4, -0.2) is 5.91 Å². The first-order chi connectivity index (χ1) is 9.38. The van der Waals surface area contributed by atoms with Gasteiger partial charge in [-0.2, -0.15) is 0 Å². The maximum atomic E-state index is 11.5. The van der Waals surface area contributed by atoms with Crippen molar-refractivity contribution in [3.63, 3.8) is 0 Å². The predicted molar refractivity (Wildman–Crippen MR) is 83.6 cm³/mol. The molecule has 0 aliphatic heterocycles. The standard InChI is InChI=1S/C15H16ClN3O/c1-8-3-4-9(2)13(5-8)19-14-11(15(18)20)6-10(17)7-12(14)16/h3-7,19H,17H2,1-2H3,(H2,18,20). The third kappa shape index (κ3) is 2.86. The summed E-state index contributed by atoms with van der Waals surface area (Å²) in [5.74, 6) is -0.577. The molecule has 0 aliphatic rings. The summed E-state index contributed by atoms with van der Waals surface area (Å²) in [7, 11) is 0. The number of anilines is 3. The molecule has 1 amide bonds. The molecule has 4 nitrogen and oxygen atoms in total.